The second-order valence-electron chi connectivity index (χ2n) is 6.86. The number of carbonyl (C=O) groups excluding carboxylic acids is 3. The first-order valence-corrected chi connectivity index (χ1v) is 8.54. The summed E-state index contributed by atoms with van der Waals surface area (Å²) in [5.41, 5.74) is 7.38. The highest BCUT2D eigenvalue weighted by atomic mass is 16.2. The molecule has 0 bridgehead atoms. The molecule has 3 N–H and O–H groups in total. The lowest BCUT2D eigenvalue weighted by molar-refractivity contribution is -0.141. The summed E-state index contributed by atoms with van der Waals surface area (Å²) in [6.07, 6.45) is 0.719. The van der Waals surface area contributed by atoms with Crippen molar-refractivity contribution in [2.75, 3.05) is 0 Å². The maximum atomic E-state index is 11.9. The monoisotopic (exact) mass is 351 g/mol. The summed E-state index contributed by atoms with van der Waals surface area (Å²) in [4.78, 5) is 34.8. The van der Waals surface area contributed by atoms with Crippen LogP contribution in [-0.2, 0) is 27.3 Å². The summed E-state index contributed by atoms with van der Waals surface area (Å²) in [5, 5.41) is 6.96. The molecule has 0 spiro atoms. The van der Waals surface area contributed by atoms with Gasteiger partial charge in [0.15, 0.2) is 0 Å². The lowest BCUT2D eigenvalue weighted by Crippen LogP contribution is -2.49. The Hall–Kier alpha value is -2.38. The molecule has 0 saturated heterocycles. The zero-order valence-corrected chi connectivity index (χ0v) is 15.9. The zero-order valence-electron chi connectivity index (χ0n) is 15.9. The molecule has 0 aliphatic rings. The van der Waals surface area contributed by atoms with Crippen LogP contribution in [0.4, 0.5) is 0 Å². The Kier molecular flexibility index (Phi) is 7.60. The number of hydrazine groups is 1. The quantitative estimate of drug-likeness (QED) is 0.520. The summed E-state index contributed by atoms with van der Waals surface area (Å²) in [7, 11) is 0. The molecule has 0 aromatic carbocycles. The Balaban J connectivity index is 2.51. The molecule has 25 heavy (non-hydrogen) atoms. The molecule has 0 atom stereocenters. The van der Waals surface area contributed by atoms with Gasteiger partial charge in [0.2, 0.25) is 5.91 Å². The first kappa shape index (κ1) is 20.7. The van der Waals surface area contributed by atoms with Crippen LogP contribution in [0.5, 0.6) is 0 Å². The number of nitrogens with one attached hydrogen (secondary N) is 3. The molecule has 0 radical (unpaired) electrons. The highest BCUT2D eigenvalue weighted by Gasteiger charge is 2.16. The SMILES string of the molecule is Cc1nn(CC(C)C)c(C)c1CCC(=O)NNC(=O)C(=O)NC(C)C. The molecule has 1 rings (SSSR count). The molecule has 0 unspecified atom stereocenters. The third-order valence-corrected chi connectivity index (χ3v) is 3.61. The fraction of sp³-hybridized carbons (Fsp3) is 0.647. The Bertz CT molecular complexity index is 634. The van der Waals surface area contributed by atoms with E-state index < -0.39 is 11.8 Å². The number of hydrogen-bond donors (Lipinski definition) is 3. The van der Waals surface area contributed by atoms with Gasteiger partial charge in [-0.3, -0.25) is 29.9 Å². The minimum absolute atomic E-state index is 0.151. The van der Waals surface area contributed by atoms with Crippen molar-refractivity contribution in [3.05, 3.63) is 17.0 Å². The van der Waals surface area contributed by atoms with E-state index in [9.17, 15) is 14.4 Å². The van der Waals surface area contributed by atoms with Crippen LogP contribution in [0.25, 0.3) is 0 Å². The van der Waals surface area contributed by atoms with Gasteiger partial charge in [0.25, 0.3) is 0 Å². The van der Waals surface area contributed by atoms with Crippen molar-refractivity contribution >= 4 is 17.7 Å². The molecule has 140 valence electrons. The molecule has 0 fully saturated rings. The number of aryl methyl sites for hydroxylation is 1. The molecule has 8 heteroatoms. The summed E-state index contributed by atoms with van der Waals surface area (Å²) in [6.45, 7) is 12.5. The van der Waals surface area contributed by atoms with Crippen molar-refractivity contribution in [3.63, 3.8) is 0 Å². The predicted octanol–water partition coefficient (Wildman–Crippen LogP) is 0.761. The van der Waals surface area contributed by atoms with E-state index in [1.807, 2.05) is 18.5 Å². The van der Waals surface area contributed by atoms with Crippen molar-refractivity contribution < 1.29 is 14.4 Å². The van der Waals surface area contributed by atoms with E-state index in [1.54, 1.807) is 13.8 Å². The van der Waals surface area contributed by atoms with E-state index in [4.69, 9.17) is 0 Å². The second-order valence-corrected chi connectivity index (χ2v) is 6.86. The first-order valence-electron chi connectivity index (χ1n) is 8.54. The van der Waals surface area contributed by atoms with Gasteiger partial charge in [-0.25, -0.2) is 0 Å². The first-order chi connectivity index (χ1) is 11.6. The van der Waals surface area contributed by atoms with E-state index in [0.29, 0.717) is 12.3 Å². The standard InChI is InChI=1S/C17H29N5O3/c1-10(2)9-22-13(6)14(12(5)21-22)7-8-15(23)19-20-17(25)16(24)18-11(3)4/h10-11H,7-9H2,1-6H3,(H,18,24)(H,19,23)(H,20,25). The van der Waals surface area contributed by atoms with E-state index in [2.05, 4.69) is 35.1 Å². The fourth-order valence-corrected chi connectivity index (χ4v) is 2.43. The van der Waals surface area contributed by atoms with Crippen molar-refractivity contribution in [2.45, 2.75) is 67.0 Å². The van der Waals surface area contributed by atoms with Gasteiger partial charge in [-0.05, 0) is 45.6 Å². The molecule has 0 aliphatic carbocycles. The Labute approximate surface area is 148 Å². The predicted molar refractivity (Wildman–Crippen MR) is 94.4 cm³/mol. The minimum Gasteiger partial charge on any atom is -0.346 e. The number of amides is 3. The maximum absolute atomic E-state index is 11.9. The van der Waals surface area contributed by atoms with Gasteiger partial charge in [0, 0.05) is 24.7 Å². The van der Waals surface area contributed by atoms with Crippen LogP contribution in [0.3, 0.4) is 0 Å². The normalized spacial score (nSPS) is 10.9. The summed E-state index contributed by atoms with van der Waals surface area (Å²) >= 11 is 0. The molecule has 1 aromatic heterocycles. The van der Waals surface area contributed by atoms with Gasteiger partial charge >= 0.3 is 11.8 Å². The van der Waals surface area contributed by atoms with Crippen molar-refractivity contribution in [1.29, 1.82) is 0 Å². The number of carbonyl (C=O) groups is 3. The van der Waals surface area contributed by atoms with E-state index in [-0.39, 0.29) is 18.4 Å². The Morgan fingerprint density at radius 1 is 1.04 bits per heavy atom. The van der Waals surface area contributed by atoms with Crippen LogP contribution in [0.2, 0.25) is 0 Å². The fourth-order valence-electron chi connectivity index (χ4n) is 2.43. The highest BCUT2D eigenvalue weighted by molar-refractivity contribution is 6.35. The lowest BCUT2D eigenvalue weighted by Gasteiger charge is -2.10. The molecule has 8 nitrogen and oxygen atoms in total. The van der Waals surface area contributed by atoms with Crippen LogP contribution in [0.15, 0.2) is 0 Å². The lowest BCUT2D eigenvalue weighted by atomic mass is 10.1. The zero-order chi connectivity index (χ0) is 19.1. The molecular weight excluding hydrogens is 322 g/mol. The Morgan fingerprint density at radius 2 is 1.68 bits per heavy atom. The van der Waals surface area contributed by atoms with E-state index in [1.165, 1.54) is 0 Å². The van der Waals surface area contributed by atoms with Crippen molar-refractivity contribution in [2.24, 2.45) is 5.92 Å². The summed E-state index contributed by atoms with van der Waals surface area (Å²) in [6, 6.07) is -0.151. The molecule has 3 amide bonds. The van der Waals surface area contributed by atoms with Gasteiger partial charge in [-0.1, -0.05) is 13.8 Å². The van der Waals surface area contributed by atoms with Gasteiger partial charge in [0.05, 0.1) is 5.69 Å². The van der Waals surface area contributed by atoms with Gasteiger partial charge in [0.1, 0.15) is 0 Å². The average Bonchev–Trinajstić information content (AvgIpc) is 2.75. The third kappa shape index (κ3) is 6.56. The van der Waals surface area contributed by atoms with E-state index in [0.717, 1.165) is 23.5 Å². The molecule has 0 aliphatic heterocycles. The number of rotatable bonds is 6. The van der Waals surface area contributed by atoms with Crippen LogP contribution >= 0.6 is 0 Å². The highest BCUT2D eigenvalue weighted by Crippen LogP contribution is 2.16. The smallest absolute Gasteiger partial charge is 0.327 e. The third-order valence-electron chi connectivity index (χ3n) is 3.61. The van der Waals surface area contributed by atoms with Gasteiger partial charge in [-0.2, -0.15) is 5.10 Å². The second kappa shape index (κ2) is 9.19. The maximum Gasteiger partial charge on any atom is 0.327 e. The average molecular weight is 351 g/mol. The summed E-state index contributed by atoms with van der Waals surface area (Å²) in [5.74, 6) is -1.54. The minimum atomic E-state index is -0.890. The molecule has 0 saturated carbocycles. The number of hydrogen-bond acceptors (Lipinski definition) is 4. The van der Waals surface area contributed by atoms with Crippen LogP contribution in [0, 0.1) is 19.8 Å². The van der Waals surface area contributed by atoms with Crippen LogP contribution < -0.4 is 16.2 Å². The largest absolute Gasteiger partial charge is 0.346 e. The molecular formula is C17H29N5O3. The Morgan fingerprint density at radius 3 is 2.24 bits per heavy atom. The van der Waals surface area contributed by atoms with Crippen LogP contribution in [0.1, 0.15) is 51.1 Å². The van der Waals surface area contributed by atoms with Gasteiger partial charge in [-0.15, -0.1) is 0 Å². The van der Waals surface area contributed by atoms with Crippen molar-refractivity contribution in [3.8, 4) is 0 Å². The number of aromatic nitrogens is 2. The topological polar surface area (TPSA) is 105 Å². The van der Waals surface area contributed by atoms with Crippen molar-refractivity contribution in [1.82, 2.24) is 25.9 Å². The van der Waals surface area contributed by atoms with Gasteiger partial charge < -0.3 is 5.32 Å². The van der Waals surface area contributed by atoms with Crippen LogP contribution in [-0.4, -0.2) is 33.5 Å². The molecule has 1 heterocycles. The number of nitrogens with zero attached hydrogens (tertiary/aromatic N) is 2. The molecule has 1 aromatic rings. The summed E-state index contributed by atoms with van der Waals surface area (Å²) < 4.78 is 1.96. The van der Waals surface area contributed by atoms with E-state index >= 15 is 0 Å².